The van der Waals surface area contributed by atoms with E-state index >= 15 is 0 Å². The van der Waals surface area contributed by atoms with Gasteiger partial charge in [0.05, 0.1) is 0 Å². The fraction of sp³-hybridized carbons (Fsp3) is 0.600. The van der Waals surface area contributed by atoms with Crippen molar-refractivity contribution in [1.29, 1.82) is 0 Å². The average molecular weight is 473 g/mol. The average Bonchev–Trinajstić information content (AvgIpc) is 2.77. The summed E-state index contributed by atoms with van der Waals surface area (Å²) in [5.74, 6) is 1.78. The Labute approximate surface area is 204 Å². The number of aliphatic imine (C=N–C) groups is 2. The molecular weight excluding hydrogens is 432 g/mol. The van der Waals surface area contributed by atoms with Gasteiger partial charge >= 0.3 is 6.03 Å². The van der Waals surface area contributed by atoms with Crippen LogP contribution in [0.15, 0.2) is 28.2 Å². The highest BCUT2D eigenvalue weighted by molar-refractivity contribution is 7.80. The number of nitrogens with zero attached hydrogens (tertiary/aromatic N) is 3. The van der Waals surface area contributed by atoms with Crippen LogP contribution in [0.5, 0.6) is 0 Å². The first-order chi connectivity index (χ1) is 15.8. The number of piperidine rings is 1. The molecule has 0 aliphatic carbocycles. The number of anilines is 1. The van der Waals surface area contributed by atoms with E-state index in [1.54, 1.807) is 7.05 Å². The predicted octanol–water partition coefficient (Wildman–Crippen LogP) is 5.07. The lowest BCUT2D eigenvalue weighted by molar-refractivity contribution is 0.237. The van der Waals surface area contributed by atoms with Gasteiger partial charge in [0.15, 0.2) is 5.11 Å². The number of unbranched alkanes of at least 4 members (excludes halogenated alkanes) is 1. The molecule has 0 radical (unpaired) electrons. The number of nitrogens with one attached hydrogen (secondary N) is 3. The van der Waals surface area contributed by atoms with Crippen LogP contribution in [0.3, 0.4) is 0 Å². The van der Waals surface area contributed by atoms with Crippen molar-refractivity contribution in [3.05, 3.63) is 29.3 Å². The topological polar surface area (TPSA) is 81.1 Å². The Hall–Kier alpha value is -2.48. The highest BCUT2D eigenvalue weighted by atomic mass is 32.1. The van der Waals surface area contributed by atoms with Gasteiger partial charge in [0.2, 0.25) is 5.96 Å². The summed E-state index contributed by atoms with van der Waals surface area (Å²) in [6.45, 7) is 11.0. The van der Waals surface area contributed by atoms with Gasteiger partial charge in [-0.25, -0.2) is 9.79 Å². The Kier molecular flexibility index (Phi) is 11.3. The van der Waals surface area contributed by atoms with Crippen LogP contribution in [0, 0.1) is 12.8 Å². The molecule has 0 atom stereocenters. The van der Waals surface area contributed by atoms with Crippen LogP contribution < -0.4 is 16.0 Å². The molecule has 1 aliphatic heterocycles. The van der Waals surface area contributed by atoms with Crippen LogP contribution in [0.1, 0.15) is 69.9 Å². The fourth-order valence-corrected chi connectivity index (χ4v) is 4.15. The van der Waals surface area contributed by atoms with Crippen LogP contribution in [0.4, 0.5) is 10.5 Å². The molecule has 2 rings (SSSR count). The zero-order valence-corrected chi connectivity index (χ0v) is 21.6. The standard InChI is InChI=1S/C25H40N6OS/c1-6-7-13-27-23(26-5)31-15-11-20(12-16-31)10-14-28-24(32)30-25(33)29-22-17-19(4)8-9-21(22)18(2)3/h8-9,13,17-18,20H,6-7,10-12,14-16H2,1-5H3,(H3,28,29,30,32,33)/b26-23?,27-13-. The van der Waals surface area contributed by atoms with Gasteiger partial charge in [0.1, 0.15) is 0 Å². The van der Waals surface area contributed by atoms with Gasteiger partial charge in [0, 0.05) is 38.6 Å². The largest absolute Gasteiger partial charge is 0.341 e. The molecule has 0 unspecified atom stereocenters. The number of carbonyl (C=O) groups is 1. The van der Waals surface area contributed by atoms with Crippen LogP contribution in [-0.4, -0.2) is 54.9 Å². The van der Waals surface area contributed by atoms with Crippen molar-refractivity contribution in [2.24, 2.45) is 15.9 Å². The minimum absolute atomic E-state index is 0.269. The van der Waals surface area contributed by atoms with Crippen LogP contribution in [0.2, 0.25) is 0 Å². The Morgan fingerprint density at radius 2 is 2.03 bits per heavy atom. The van der Waals surface area contributed by atoms with Gasteiger partial charge in [-0.2, -0.15) is 0 Å². The number of hydrogen-bond acceptors (Lipinski definition) is 3. The molecule has 0 bridgehead atoms. The first kappa shape index (κ1) is 26.8. The molecule has 33 heavy (non-hydrogen) atoms. The lowest BCUT2D eigenvalue weighted by atomic mass is 9.94. The molecule has 0 spiro atoms. The number of rotatable bonds is 7. The third-order valence-corrected chi connectivity index (χ3v) is 6.07. The highest BCUT2D eigenvalue weighted by Gasteiger charge is 2.21. The summed E-state index contributed by atoms with van der Waals surface area (Å²) in [6, 6.07) is 5.97. The minimum atomic E-state index is -0.269. The summed E-state index contributed by atoms with van der Waals surface area (Å²) >= 11 is 5.35. The SMILES string of the molecule is CCC/C=N\C(=NC)N1CCC(CCNC(=O)NC(=S)Nc2cc(C)ccc2C(C)C)CC1. The van der Waals surface area contributed by atoms with Crippen LogP contribution in [0.25, 0.3) is 0 Å². The first-order valence-corrected chi connectivity index (χ1v) is 12.5. The molecule has 1 aromatic rings. The Bertz CT molecular complexity index is 843. The molecule has 182 valence electrons. The number of amides is 2. The molecule has 3 N–H and O–H groups in total. The molecule has 1 fully saturated rings. The second-order valence-electron chi connectivity index (χ2n) is 8.92. The van der Waals surface area contributed by atoms with E-state index in [-0.39, 0.29) is 6.03 Å². The summed E-state index contributed by atoms with van der Waals surface area (Å²) in [4.78, 5) is 23.4. The van der Waals surface area contributed by atoms with Gasteiger partial charge in [-0.3, -0.25) is 10.3 Å². The second-order valence-corrected chi connectivity index (χ2v) is 9.33. The zero-order valence-electron chi connectivity index (χ0n) is 20.8. The summed E-state index contributed by atoms with van der Waals surface area (Å²) < 4.78 is 0. The van der Waals surface area contributed by atoms with Crippen molar-refractivity contribution in [3.8, 4) is 0 Å². The van der Waals surface area contributed by atoms with E-state index in [4.69, 9.17) is 12.2 Å². The van der Waals surface area contributed by atoms with Crippen molar-refractivity contribution in [2.75, 3.05) is 32.0 Å². The maximum Gasteiger partial charge on any atom is 0.321 e. The van der Waals surface area contributed by atoms with Crippen LogP contribution in [-0.2, 0) is 0 Å². The van der Waals surface area contributed by atoms with Crippen molar-refractivity contribution in [2.45, 2.75) is 65.7 Å². The summed E-state index contributed by atoms with van der Waals surface area (Å²) in [5, 5.41) is 9.16. The van der Waals surface area contributed by atoms with Crippen molar-refractivity contribution < 1.29 is 4.79 Å². The van der Waals surface area contributed by atoms with E-state index in [1.165, 1.54) is 5.56 Å². The molecule has 1 aliphatic rings. The van der Waals surface area contributed by atoms with E-state index in [0.717, 1.165) is 62.4 Å². The van der Waals surface area contributed by atoms with Crippen molar-refractivity contribution in [3.63, 3.8) is 0 Å². The van der Waals surface area contributed by atoms with E-state index in [0.29, 0.717) is 23.5 Å². The third-order valence-electron chi connectivity index (χ3n) is 5.87. The van der Waals surface area contributed by atoms with Gasteiger partial charge in [-0.15, -0.1) is 0 Å². The lowest BCUT2D eigenvalue weighted by Gasteiger charge is -2.32. The summed E-state index contributed by atoms with van der Waals surface area (Å²) in [6.07, 6.45) is 7.14. The Morgan fingerprint density at radius 1 is 1.30 bits per heavy atom. The Balaban J connectivity index is 1.71. The quantitative estimate of drug-likeness (QED) is 0.294. The lowest BCUT2D eigenvalue weighted by Crippen LogP contribution is -2.43. The summed E-state index contributed by atoms with van der Waals surface area (Å²) in [5.41, 5.74) is 3.25. The third kappa shape index (κ3) is 9.12. The number of aryl methyl sites for hydroxylation is 1. The summed E-state index contributed by atoms with van der Waals surface area (Å²) in [7, 11) is 1.80. The van der Waals surface area contributed by atoms with E-state index in [9.17, 15) is 4.79 Å². The van der Waals surface area contributed by atoms with Gasteiger partial charge < -0.3 is 15.5 Å². The van der Waals surface area contributed by atoms with Gasteiger partial charge in [-0.1, -0.05) is 39.3 Å². The number of carbonyl (C=O) groups excluding carboxylic acids is 1. The Morgan fingerprint density at radius 3 is 2.67 bits per heavy atom. The molecule has 8 heteroatoms. The molecule has 7 nitrogen and oxygen atoms in total. The minimum Gasteiger partial charge on any atom is -0.341 e. The molecular formula is C25H40N6OS. The van der Waals surface area contributed by atoms with E-state index < -0.39 is 0 Å². The molecule has 1 aromatic carbocycles. The van der Waals surface area contributed by atoms with Gasteiger partial charge in [0.25, 0.3) is 0 Å². The van der Waals surface area contributed by atoms with Gasteiger partial charge in [-0.05, 0) is 73.9 Å². The molecule has 1 saturated heterocycles. The molecule has 2 amide bonds. The number of hydrogen-bond donors (Lipinski definition) is 3. The number of benzene rings is 1. The smallest absolute Gasteiger partial charge is 0.321 e. The second kappa shape index (κ2) is 13.9. The number of likely N-dealkylation sites (tertiary alicyclic amines) is 1. The zero-order chi connectivity index (χ0) is 24.2. The molecule has 0 saturated carbocycles. The van der Waals surface area contributed by atoms with Crippen molar-refractivity contribution in [1.82, 2.24) is 15.5 Å². The normalized spacial score (nSPS) is 15.2. The maximum absolute atomic E-state index is 12.3. The molecule has 0 aromatic heterocycles. The number of urea groups is 1. The molecule has 1 heterocycles. The predicted molar refractivity (Wildman–Crippen MR) is 144 cm³/mol. The van der Waals surface area contributed by atoms with E-state index in [1.807, 2.05) is 13.1 Å². The first-order valence-electron chi connectivity index (χ1n) is 12.0. The van der Waals surface area contributed by atoms with Crippen molar-refractivity contribution >= 4 is 41.2 Å². The maximum atomic E-state index is 12.3. The van der Waals surface area contributed by atoms with Crippen LogP contribution >= 0.6 is 12.2 Å². The fourth-order valence-electron chi connectivity index (χ4n) is 3.95. The highest BCUT2D eigenvalue weighted by Crippen LogP contribution is 2.25. The monoisotopic (exact) mass is 472 g/mol. The number of guanidine groups is 1. The number of thiocarbonyl (C=S) groups is 1. The van der Waals surface area contributed by atoms with E-state index in [2.05, 4.69) is 69.8 Å².